The molecule has 0 aliphatic carbocycles. The Morgan fingerprint density at radius 3 is 2.91 bits per heavy atom. The lowest BCUT2D eigenvalue weighted by molar-refractivity contribution is -0.139. The van der Waals surface area contributed by atoms with Crippen LogP contribution in [-0.4, -0.2) is 36.8 Å². The maximum Gasteiger partial charge on any atom is 0.306 e. The number of aliphatic hydroxyl groups is 1. The van der Waals surface area contributed by atoms with E-state index >= 15 is 0 Å². The predicted molar refractivity (Wildman–Crippen MR) is 31.4 cm³/mol. The van der Waals surface area contributed by atoms with Gasteiger partial charge in [-0.3, -0.25) is 4.79 Å². The number of hydrogen-bond acceptors (Lipinski definition) is 5. The van der Waals surface area contributed by atoms with E-state index in [1.165, 1.54) is 0 Å². The Hall–Kier alpha value is -1.50. The number of rotatable bonds is 3. The van der Waals surface area contributed by atoms with Crippen LogP contribution < -0.4 is 0 Å². The zero-order valence-electron chi connectivity index (χ0n) is 5.43. The van der Waals surface area contributed by atoms with Gasteiger partial charge in [-0.15, -0.1) is 10.2 Å². The van der Waals surface area contributed by atoms with Crippen LogP contribution in [0.4, 0.5) is 0 Å². The third-order valence-electron chi connectivity index (χ3n) is 1.03. The maximum atomic E-state index is 10.1. The molecule has 1 aromatic heterocycles. The quantitative estimate of drug-likeness (QED) is 0.504. The second-order valence-electron chi connectivity index (χ2n) is 1.88. The smallest absolute Gasteiger partial charge is 0.306 e. The van der Waals surface area contributed by atoms with Crippen LogP contribution in [-0.2, 0) is 4.79 Å². The summed E-state index contributed by atoms with van der Waals surface area (Å²) in [6.45, 7) is 0. The van der Waals surface area contributed by atoms with E-state index in [2.05, 4.69) is 20.6 Å². The monoisotopic (exact) mass is 158 g/mol. The Bertz CT molecular complexity index is 233. The molecule has 0 unspecified atom stereocenters. The molecule has 1 heterocycles. The van der Waals surface area contributed by atoms with Gasteiger partial charge in [0.25, 0.3) is 0 Å². The second-order valence-corrected chi connectivity index (χ2v) is 1.88. The first-order chi connectivity index (χ1) is 5.20. The van der Waals surface area contributed by atoms with Crippen molar-refractivity contribution in [1.29, 1.82) is 0 Å². The van der Waals surface area contributed by atoms with Crippen LogP contribution in [0.25, 0.3) is 0 Å². The minimum absolute atomic E-state index is 0.00704. The number of aliphatic carboxylic acids is 1. The molecule has 0 fully saturated rings. The summed E-state index contributed by atoms with van der Waals surface area (Å²) in [5, 5.41) is 29.3. The summed E-state index contributed by atoms with van der Waals surface area (Å²) in [6, 6.07) is 0. The Kier molecular flexibility index (Phi) is 2.12. The number of H-pyrrole nitrogens is 1. The third kappa shape index (κ3) is 1.97. The number of nitrogens with one attached hydrogen (secondary N) is 1. The van der Waals surface area contributed by atoms with Gasteiger partial charge in [-0.1, -0.05) is 5.21 Å². The molecule has 3 N–H and O–H groups in total. The van der Waals surface area contributed by atoms with E-state index in [0.717, 1.165) is 0 Å². The summed E-state index contributed by atoms with van der Waals surface area (Å²) in [7, 11) is 0. The minimum atomic E-state index is -1.19. The van der Waals surface area contributed by atoms with Crippen LogP contribution in [0.5, 0.6) is 0 Å². The Labute approximate surface area is 61.0 Å². The number of hydrogen-bond donors (Lipinski definition) is 3. The first-order valence-corrected chi connectivity index (χ1v) is 2.83. The lowest BCUT2D eigenvalue weighted by atomic mass is 10.2. The van der Waals surface area contributed by atoms with Crippen molar-refractivity contribution >= 4 is 5.97 Å². The summed E-state index contributed by atoms with van der Waals surface area (Å²) in [4.78, 5) is 10.1. The number of carboxylic acid groups (broad SMARTS) is 1. The van der Waals surface area contributed by atoms with Crippen molar-refractivity contribution in [3.05, 3.63) is 5.82 Å². The average molecular weight is 158 g/mol. The highest BCUT2D eigenvalue weighted by molar-refractivity contribution is 5.67. The lowest BCUT2D eigenvalue weighted by Crippen LogP contribution is -2.06. The highest BCUT2D eigenvalue weighted by atomic mass is 16.4. The van der Waals surface area contributed by atoms with Gasteiger partial charge in [-0.25, -0.2) is 0 Å². The van der Waals surface area contributed by atoms with Crippen molar-refractivity contribution in [3.63, 3.8) is 0 Å². The van der Waals surface area contributed by atoms with Gasteiger partial charge < -0.3 is 10.2 Å². The molecule has 0 aromatic carbocycles. The third-order valence-corrected chi connectivity index (χ3v) is 1.03. The topological polar surface area (TPSA) is 112 Å². The molecule has 60 valence electrons. The molecule has 1 rings (SSSR count). The van der Waals surface area contributed by atoms with E-state index in [-0.39, 0.29) is 5.82 Å². The van der Waals surface area contributed by atoms with Crippen molar-refractivity contribution in [2.45, 2.75) is 12.5 Å². The molecule has 11 heavy (non-hydrogen) atoms. The van der Waals surface area contributed by atoms with E-state index in [0.29, 0.717) is 0 Å². The number of aromatic nitrogens is 4. The second kappa shape index (κ2) is 3.06. The largest absolute Gasteiger partial charge is 0.481 e. The molecular weight excluding hydrogens is 152 g/mol. The van der Waals surface area contributed by atoms with Crippen LogP contribution in [0.15, 0.2) is 0 Å². The molecule has 0 spiro atoms. The van der Waals surface area contributed by atoms with Gasteiger partial charge >= 0.3 is 5.97 Å². The van der Waals surface area contributed by atoms with Gasteiger partial charge in [0.1, 0.15) is 6.10 Å². The molecule has 7 heteroatoms. The Morgan fingerprint density at radius 1 is 1.73 bits per heavy atom. The molecule has 0 amide bonds. The zero-order chi connectivity index (χ0) is 8.27. The van der Waals surface area contributed by atoms with Crippen LogP contribution in [0.2, 0.25) is 0 Å². The molecule has 1 atom stereocenters. The first kappa shape index (κ1) is 7.61. The molecule has 0 aliphatic rings. The van der Waals surface area contributed by atoms with E-state index in [1.54, 1.807) is 0 Å². The van der Waals surface area contributed by atoms with Crippen molar-refractivity contribution in [2.24, 2.45) is 0 Å². The molecule has 0 saturated carbocycles. The Balaban J connectivity index is 2.56. The van der Waals surface area contributed by atoms with Crippen molar-refractivity contribution < 1.29 is 15.0 Å². The van der Waals surface area contributed by atoms with Gasteiger partial charge in [0.2, 0.25) is 5.82 Å². The Morgan fingerprint density at radius 2 is 2.45 bits per heavy atom. The van der Waals surface area contributed by atoms with Gasteiger partial charge in [-0.05, 0) is 0 Å². The van der Waals surface area contributed by atoms with Crippen LogP contribution in [0.1, 0.15) is 18.3 Å². The zero-order valence-corrected chi connectivity index (χ0v) is 5.43. The molecule has 0 saturated heterocycles. The summed E-state index contributed by atoms with van der Waals surface area (Å²) in [5.74, 6) is -1.12. The van der Waals surface area contributed by atoms with E-state index < -0.39 is 18.5 Å². The highest BCUT2D eigenvalue weighted by Crippen LogP contribution is 2.08. The number of tetrazole rings is 1. The first-order valence-electron chi connectivity index (χ1n) is 2.83. The summed E-state index contributed by atoms with van der Waals surface area (Å²) < 4.78 is 0. The molecule has 0 radical (unpaired) electrons. The minimum Gasteiger partial charge on any atom is -0.481 e. The van der Waals surface area contributed by atoms with Crippen molar-refractivity contribution in [3.8, 4) is 0 Å². The summed E-state index contributed by atoms with van der Waals surface area (Å²) in [6.07, 6.45) is -1.61. The SMILES string of the molecule is O=C(O)C[C@H](O)c1nn[nH]n1. The number of aromatic amines is 1. The highest BCUT2D eigenvalue weighted by Gasteiger charge is 2.15. The fraction of sp³-hybridized carbons (Fsp3) is 0.500. The molecule has 0 bridgehead atoms. The normalized spacial score (nSPS) is 12.8. The van der Waals surface area contributed by atoms with Gasteiger partial charge in [-0.2, -0.15) is 5.21 Å². The lowest BCUT2D eigenvalue weighted by Gasteiger charge is -1.99. The number of carboxylic acids is 1. The fourth-order valence-electron chi connectivity index (χ4n) is 0.567. The molecule has 1 aromatic rings. The number of carbonyl (C=O) groups is 1. The molecule has 0 aliphatic heterocycles. The fourth-order valence-corrected chi connectivity index (χ4v) is 0.567. The maximum absolute atomic E-state index is 10.1. The van der Waals surface area contributed by atoms with Crippen LogP contribution >= 0.6 is 0 Å². The molecular formula is C4H6N4O3. The van der Waals surface area contributed by atoms with Gasteiger partial charge in [0.15, 0.2) is 0 Å². The van der Waals surface area contributed by atoms with Crippen LogP contribution in [0, 0.1) is 0 Å². The number of nitrogens with zero attached hydrogens (tertiary/aromatic N) is 3. The number of aliphatic hydroxyl groups excluding tert-OH is 1. The molecule has 7 nitrogen and oxygen atoms in total. The summed E-state index contributed by atoms with van der Waals surface area (Å²) >= 11 is 0. The van der Waals surface area contributed by atoms with Crippen molar-refractivity contribution in [2.75, 3.05) is 0 Å². The van der Waals surface area contributed by atoms with Crippen molar-refractivity contribution in [1.82, 2.24) is 20.6 Å². The average Bonchev–Trinajstić information content (AvgIpc) is 2.35. The summed E-state index contributed by atoms with van der Waals surface area (Å²) in [5.41, 5.74) is 0. The predicted octanol–water partition coefficient (Wildman–Crippen LogP) is -1.29. The van der Waals surface area contributed by atoms with Crippen LogP contribution in [0.3, 0.4) is 0 Å². The van der Waals surface area contributed by atoms with Gasteiger partial charge in [0, 0.05) is 0 Å². The van der Waals surface area contributed by atoms with E-state index in [4.69, 9.17) is 10.2 Å². The van der Waals surface area contributed by atoms with Gasteiger partial charge in [0.05, 0.1) is 6.42 Å². The standard InChI is InChI=1S/C4H6N4O3/c9-2(1-3(10)11)4-5-7-8-6-4/h2,9H,1H2,(H,10,11)(H,5,6,7,8)/t2-/m0/s1. The van der Waals surface area contributed by atoms with E-state index in [9.17, 15) is 4.79 Å². The van der Waals surface area contributed by atoms with E-state index in [1.807, 2.05) is 0 Å².